The largest absolute Gasteiger partial charge is 0.396 e. The first-order valence-electron chi connectivity index (χ1n) is 6.47. The van der Waals surface area contributed by atoms with Gasteiger partial charge in [0.2, 0.25) is 0 Å². The number of aliphatic hydroxyl groups excluding tert-OH is 1. The van der Waals surface area contributed by atoms with Gasteiger partial charge in [-0.15, -0.1) is 0 Å². The number of nitrogens with zero attached hydrogens (tertiary/aromatic N) is 1. The summed E-state index contributed by atoms with van der Waals surface area (Å²) >= 11 is 0. The quantitative estimate of drug-likeness (QED) is 0.818. The molecule has 0 aliphatic heterocycles. The van der Waals surface area contributed by atoms with Crippen LogP contribution >= 0.6 is 0 Å². The van der Waals surface area contributed by atoms with Gasteiger partial charge in [-0.2, -0.15) is 0 Å². The molecular formula is C15H25NO. The smallest absolute Gasteiger partial charge is 0.0501 e. The third-order valence-corrected chi connectivity index (χ3v) is 3.59. The summed E-state index contributed by atoms with van der Waals surface area (Å²) in [4.78, 5) is 2.33. The van der Waals surface area contributed by atoms with E-state index in [0.717, 1.165) is 19.5 Å². The zero-order valence-electron chi connectivity index (χ0n) is 11.5. The van der Waals surface area contributed by atoms with Crippen molar-refractivity contribution in [2.45, 2.75) is 34.1 Å². The molecule has 17 heavy (non-hydrogen) atoms. The monoisotopic (exact) mass is 235 g/mol. The van der Waals surface area contributed by atoms with E-state index in [1.807, 2.05) is 0 Å². The van der Waals surface area contributed by atoms with Crippen molar-refractivity contribution in [1.29, 1.82) is 0 Å². The number of hydrogen-bond donors (Lipinski definition) is 1. The summed E-state index contributed by atoms with van der Waals surface area (Å²) in [5.74, 6) is 0. The van der Waals surface area contributed by atoms with Gasteiger partial charge in [-0.1, -0.05) is 31.5 Å². The van der Waals surface area contributed by atoms with Crippen LogP contribution in [0.4, 0.5) is 5.69 Å². The highest BCUT2D eigenvalue weighted by Crippen LogP contribution is 2.25. The second-order valence-corrected chi connectivity index (χ2v) is 5.17. The van der Waals surface area contributed by atoms with Crippen molar-refractivity contribution >= 4 is 5.69 Å². The highest BCUT2D eigenvalue weighted by atomic mass is 16.3. The van der Waals surface area contributed by atoms with E-state index in [1.165, 1.54) is 11.3 Å². The Kier molecular flexibility index (Phi) is 5.01. The highest BCUT2D eigenvalue weighted by Gasteiger charge is 2.24. The molecule has 0 fully saturated rings. The van der Waals surface area contributed by atoms with E-state index in [-0.39, 0.29) is 12.0 Å². The maximum atomic E-state index is 9.49. The molecule has 1 atom stereocenters. The van der Waals surface area contributed by atoms with E-state index in [4.69, 9.17) is 0 Å². The van der Waals surface area contributed by atoms with Gasteiger partial charge in [0, 0.05) is 24.2 Å². The molecule has 0 amide bonds. The minimum Gasteiger partial charge on any atom is -0.396 e. The first-order valence-corrected chi connectivity index (χ1v) is 6.47. The molecule has 1 aromatic rings. The SMILES string of the molecule is CCN(CC(C)(CC)CO)c1ccc(C)cc1. The molecular weight excluding hydrogens is 210 g/mol. The Labute approximate surface area is 105 Å². The predicted octanol–water partition coefficient (Wildman–Crippen LogP) is 3.23. The van der Waals surface area contributed by atoms with E-state index in [2.05, 4.69) is 56.9 Å². The highest BCUT2D eigenvalue weighted by molar-refractivity contribution is 5.47. The van der Waals surface area contributed by atoms with Gasteiger partial charge >= 0.3 is 0 Å². The van der Waals surface area contributed by atoms with Crippen LogP contribution in [0, 0.1) is 12.3 Å². The molecule has 0 aliphatic rings. The molecule has 96 valence electrons. The summed E-state index contributed by atoms with van der Waals surface area (Å²) in [7, 11) is 0. The second kappa shape index (κ2) is 6.06. The second-order valence-electron chi connectivity index (χ2n) is 5.17. The van der Waals surface area contributed by atoms with Gasteiger partial charge in [-0.3, -0.25) is 0 Å². The minimum atomic E-state index is -0.0130. The van der Waals surface area contributed by atoms with E-state index in [0.29, 0.717) is 0 Å². The third kappa shape index (κ3) is 3.74. The normalized spacial score (nSPS) is 14.4. The van der Waals surface area contributed by atoms with Crippen molar-refractivity contribution in [2.75, 3.05) is 24.6 Å². The van der Waals surface area contributed by atoms with Crippen LogP contribution in [0.3, 0.4) is 0 Å². The molecule has 0 spiro atoms. The summed E-state index contributed by atoms with van der Waals surface area (Å²) in [6, 6.07) is 8.60. The lowest BCUT2D eigenvalue weighted by molar-refractivity contribution is 0.143. The Morgan fingerprint density at radius 2 is 1.76 bits per heavy atom. The summed E-state index contributed by atoms with van der Waals surface area (Å²) in [5.41, 5.74) is 2.51. The predicted molar refractivity (Wildman–Crippen MR) is 74.5 cm³/mol. The number of aliphatic hydroxyl groups is 1. The molecule has 1 rings (SSSR count). The maximum absolute atomic E-state index is 9.49. The van der Waals surface area contributed by atoms with Crippen LogP contribution in [0.15, 0.2) is 24.3 Å². The Morgan fingerprint density at radius 1 is 1.18 bits per heavy atom. The van der Waals surface area contributed by atoms with Crippen LogP contribution in [-0.2, 0) is 0 Å². The van der Waals surface area contributed by atoms with Crippen molar-refractivity contribution in [3.63, 3.8) is 0 Å². The van der Waals surface area contributed by atoms with Crippen molar-refractivity contribution in [2.24, 2.45) is 5.41 Å². The Bertz CT molecular complexity index is 327. The van der Waals surface area contributed by atoms with Gasteiger partial charge in [-0.25, -0.2) is 0 Å². The molecule has 0 aliphatic carbocycles. The van der Waals surface area contributed by atoms with Gasteiger partial charge < -0.3 is 10.0 Å². The summed E-state index contributed by atoms with van der Waals surface area (Å²) < 4.78 is 0. The fourth-order valence-corrected chi connectivity index (χ4v) is 1.88. The Balaban J connectivity index is 2.81. The average Bonchev–Trinajstić information content (AvgIpc) is 2.37. The fourth-order valence-electron chi connectivity index (χ4n) is 1.88. The number of benzene rings is 1. The van der Waals surface area contributed by atoms with Crippen LogP contribution in [0.2, 0.25) is 0 Å². The number of anilines is 1. The molecule has 2 heteroatoms. The zero-order valence-corrected chi connectivity index (χ0v) is 11.5. The van der Waals surface area contributed by atoms with Gasteiger partial charge in [0.1, 0.15) is 0 Å². The van der Waals surface area contributed by atoms with Crippen molar-refractivity contribution in [1.82, 2.24) is 0 Å². The average molecular weight is 235 g/mol. The number of aryl methyl sites for hydroxylation is 1. The first-order chi connectivity index (χ1) is 8.04. The van der Waals surface area contributed by atoms with Crippen LogP contribution < -0.4 is 4.90 Å². The van der Waals surface area contributed by atoms with Crippen LogP contribution in [0.25, 0.3) is 0 Å². The van der Waals surface area contributed by atoms with Crippen LogP contribution in [0.1, 0.15) is 32.8 Å². The maximum Gasteiger partial charge on any atom is 0.0501 e. The summed E-state index contributed by atoms with van der Waals surface area (Å²) in [5, 5.41) is 9.49. The van der Waals surface area contributed by atoms with Crippen LogP contribution in [-0.4, -0.2) is 24.8 Å². The Morgan fingerprint density at radius 3 is 2.18 bits per heavy atom. The topological polar surface area (TPSA) is 23.5 Å². The van der Waals surface area contributed by atoms with E-state index in [9.17, 15) is 5.11 Å². The van der Waals surface area contributed by atoms with Crippen molar-refractivity contribution in [3.8, 4) is 0 Å². The van der Waals surface area contributed by atoms with E-state index >= 15 is 0 Å². The minimum absolute atomic E-state index is 0.0130. The molecule has 0 radical (unpaired) electrons. The fraction of sp³-hybridized carbons (Fsp3) is 0.600. The lowest BCUT2D eigenvalue weighted by atomic mass is 9.88. The molecule has 1 unspecified atom stereocenters. The molecule has 0 saturated carbocycles. The van der Waals surface area contributed by atoms with Crippen LogP contribution in [0.5, 0.6) is 0 Å². The standard InChI is InChI=1S/C15H25NO/c1-5-15(4,12-17)11-16(6-2)14-9-7-13(3)8-10-14/h7-10,17H,5-6,11-12H2,1-4H3. The summed E-state index contributed by atoms with van der Waals surface area (Å²) in [6.07, 6.45) is 0.992. The molecule has 1 aromatic carbocycles. The van der Waals surface area contributed by atoms with Gasteiger partial charge in [0.15, 0.2) is 0 Å². The first kappa shape index (κ1) is 14.0. The van der Waals surface area contributed by atoms with E-state index < -0.39 is 0 Å². The number of hydrogen-bond acceptors (Lipinski definition) is 2. The van der Waals surface area contributed by atoms with E-state index in [1.54, 1.807) is 0 Å². The van der Waals surface area contributed by atoms with Gasteiger partial charge in [-0.05, 0) is 32.4 Å². The molecule has 1 N–H and O–H groups in total. The van der Waals surface area contributed by atoms with Crippen molar-refractivity contribution < 1.29 is 5.11 Å². The third-order valence-electron chi connectivity index (χ3n) is 3.59. The lowest BCUT2D eigenvalue weighted by Gasteiger charge is -2.34. The van der Waals surface area contributed by atoms with Crippen molar-refractivity contribution in [3.05, 3.63) is 29.8 Å². The molecule has 0 saturated heterocycles. The lowest BCUT2D eigenvalue weighted by Crippen LogP contribution is -2.38. The zero-order chi connectivity index (χ0) is 12.9. The molecule has 0 bridgehead atoms. The van der Waals surface area contributed by atoms with Gasteiger partial charge in [0.25, 0.3) is 0 Å². The Hall–Kier alpha value is -1.02. The molecule has 2 nitrogen and oxygen atoms in total. The number of rotatable bonds is 6. The molecule has 0 aromatic heterocycles. The molecule has 0 heterocycles. The summed E-state index contributed by atoms with van der Waals surface area (Å²) in [6.45, 7) is 10.7. The van der Waals surface area contributed by atoms with Gasteiger partial charge in [0.05, 0.1) is 6.61 Å².